The van der Waals surface area contributed by atoms with Gasteiger partial charge in [0, 0.05) is 19.9 Å². The van der Waals surface area contributed by atoms with E-state index in [1.165, 1.54) is 16.0 Å². The van der Waals surface area contributed by atoms with Crippen molar-refractivity contribution in [3.63, 3.8) is 0 Å². The number of nitrogens with zero attached hydrogens (tertiary/aromatic N) is 7. The van der Waals surface area contributed by atoms with Crippen LogP contribution in [0.2, 0.25) is 0 Å². The summed E-state index contributed by atoms with van der Waals surface area (Å²) in [5.74, 6) is -0.300. The van der Waals surface area contributed by atoms with E-state index < -0.39 is 0 Å². The lowest BCUT2D eigenvalue weighted by atomic mass is 10.4. The quantitative estimate of drug-likeness (QED) is 0.591. The van der Waals surface area contributed by atoms with Gasteiger partial charge in [-0.05, 0) is 6.42 Å². The predicted octanol–water partition coefficient (Wildman–Crippen LogP) is 0.844. The van der Waals surface area contributed by atoms with E-state index in [2.05, 4.69) is 37.8 Å². The van der Waals surface area contributed by atoms with Crippen molar-refractivity contribution in [1.29, 1.82) is 0 Å². The molecule has 0 saturated carbocycles. The molecular weight excluding hydrogens is 344 g/mol. The molecule has 11 heteroatoms. The Morgan fingerprint density at radius 1 is 1.32 bits per heavy atom. The van der Waals surface area contributed by atoms with E-state index >= 15 is 0 Å². The van der Waals surface area contributed by atoms with Crippen molar-refractivity contribution >= 4 is 17.2 Å². The van der Waals surface area contributed by atoms with Gasteiger partial charge in [-0.25, -0.2) is 4.68 Å². The first-order valence-corrected chi connectivity index (χ1v) is 8.55. The van der Waals surface area contributed by atoms with Crippen LogP contribution in [0.1, 0.15) is 28.8 Å². The van der Waals surface area contributed by atoms with Crippen molar-refractivity contribution in [2.24, 2.45) is 7.05 Å². The van der Waals surface area contributed by atoms with Gasteiger partial charge in [0.05, 0.1) is 24.5 Å². The average molecular weight is 362 g/mol. The molecule has 0 radical (unpaired) electrons. The van der Waals surface area contributed by atoms with E-state index in [-0.39, 0.29) is 18.1 Å². The van der Waals surface area contributed by atoms with Gasteiger partial charge < -0.3 is 10.1 Å². The maximum Gasteiger partial charge on any atom is 0.273 e. The summed E-state index contributed by atoms with van der Waals surface area (Å²) in [5.41, 5.74) is 1.13. The minimum Gasteiger partial charge on any atom is -0.359 e. The van der Waals surface area contributed by atoms with Crippen molar-refractivity contribution in [2.45, 2.75) is 26.6 Å². The molecule has 0 aliphatic heterocycles. The van der Waals surface area contributed by atoms with Crippen LogP contribution in [0.3, 0.4) is 0 Å². The lowest BCUT2D eigenvalue weighted by molar-refractivity contribution is 0.0694. The number of aryl methyl sites for hydroxylation is 1. The van der Waals surface area contributed by atoms with Crippen LogP contribution in [0.25, 0.3) is 10.6 Å². The van der Waals surface area contributed by atoms with Crippen molar-refractivity contribution in [2.75, 3.05) is 6.61 Å². The SMILES string of the molecule is CCCOCn1cc(-c2nnc(CNC(=O)c3cn(C)nn3)s2)cn1. The Bertz CT molecular complexity index is 839. The Labute approximate surface area is 147 Å². The van der Waals surface area contributed by atoms with E-state index in [1.807, 2.05) is 6.20 Å². The number of nitrogens with one attached hydrogen (secondary N) is 1. The van der Waals surface area contributed by atoms with Crippen LogP contribution >= 0.6 is 11.3 Å². The fourth-order valence-electron chi connectivity index (χ4n) is 1.99. The monoisotopic (exact) mass is 362 g/mol. The molecule has 0 aromatic carbocycles. The summed E-state index contributed by atoms with van der Waals surface area (Å²) in [4.78, 5) is 11.9. The molecule has 0 unspecified atom stereocenters. The smallest absolute Gasteiger partial charge is 0.273 e. The zero-order valence-electron chi connectivity index (χ0n) is 13.9. The lowest BCUT2D eigenvalue weighted by Crippen LogP contribution is -2.23. The molecule has 0 bridgehead atoms. The second-order valence-electron chi connectivity index (χ2n) is 5.27. The topological polar surface area (TPSA) is 113 Å². The molecule has 10 nitrogen and oxygen atoms in total. The normalized spacial score (nSPS) is 11.0. The molecule has 0 atom stereocenters. The summed E-state index contributed by atoms with van der Waals surface area (Å²) in [6.45, 7) is 3.44. The average Bonchev–Trinajstić information content (AvgIpc) is 3.33. The van der Waals surface area contributed by atoms with Crippen LogP contribution in [0.15, 0.2) is 18.6 Å². The summed E-state index contributed by atoms with van der Waals surface area (Å²) in [7, 11) is 1.70. The van der Waals surface area contributed by atoms with Crippen molar-refractivity contribution < 1.29 is 9.53 Å². The predicted molar refractivity (Wildman–Crippen MR) is 89.5 cm³/mol. The fourth-order valence-corrected chi connectivity index (χ4v) is 2.74. The summed E-state index contributed by atoms with van der Waals surface area (Å²) in [5, 5.41) is 24.1. The lowest BCUT2D eigenvalue weighted by Gasteiger charge is -2.00. The Balaban J connectivity index is 1.56. The zero-order chi connectivity index (χ0) is 17.6. The molecule has 3 rings (SSSR count). The van der Waals surface area contributed by atoms with Crippen LogP contribution in [-0.4, -0.2) is 47.5 Å². The fraction of sp³-hybridized carbons (Fsp3) is 0.429. The van der Waals surface area contributed by atoms with Crippen LogP contribution in [0, 0.1) is 0 Å². The van der Waals surface area contributed by atoms with Crippen LogP contribution in [0.4, 0.5) is 0 Å². The number of hydrogen-bond donors (Lipinski definition) is 1. The molecule has 0 saturated heterocycles. The highest BCUT2D eigenvalue weighted by molar-refractivity contribution is 7.14. The Kier molecular flexibility index (Phi) is 5.46. The molecule has 0 aliphatic carbocycles. The molecule has 1 N–H and O–H groups in total. The number of aromatic nitrogens is 7. The molecule has 0 fully saturated rings. The van der Waals surface area contributed by atoms with E-state index in [0.29, 0.717) is 18.3 Å². The minimum absolute atomic E-state index is 0.264. The first-order valence-electron chi connectivity index (χ1n) is 7.73. The Hall–Kier alpha value is -2.66. The summed E-state index contributed by atoms with van der Waals surface area (Å²) < 4.78 is 8.62. The van der Waals surface area contributed by atoms with E-state index in [0.717, 1.165) is 17.0 Å². The van der Waals surface area contributed by atoms with Gasteiger partial charge in [-0.3, -0.25) is 9.48 Å². The van der Waals surface area contributed by atoms with Gasteiger partial charge in [0.15, 0.2) is 10.7 Å². The third kappa shape index (κ3) is 4.45. The highest BCUT2D eigenvalue weighted by atomic mass is 32.1. The summed E-state index contributed by atoms with van der Waals surface area (Å²) in [6.07, 6.45) is 6.10. The molecule has 0 spiro atoms. The Morgan fingerprint density at radius 2 is 2.20 bits per heavy atom. The third-order valence-electron chi connectivity index (χ3n) is 3.15. The standard InChI is InChI=1S/C14H18N8O2S/c1-3-4-24-9-22-7-10(5-16-22)14-19-18-12(25-14)6-15-13(23)11-8-21(2)20-17-11/h5,7-8H,3-4,6,9H2,1-2H3,(H,15,23). The molecule has 3 aromatic heterocycles. The van der Waals surface area contributed by atoms with Crippen molar-refractivity contribution in [1.82, 2.24) is 40.3 Å². The van der Waals surface area contributed by atoms with E-state index in [1.54, 1.807) is 24.1 Å². The van der Waals surface area contributed by atoms with Gasteiger partial charge >= 0.3 is 0 Å². The molecule has 1 amide bonds. The molecule has 25 heavy (non-hydrogen) atoms. The molecule has 132 valence electrons. The van der Waals surface area contributed by atoms with Gasteiger partial charge in [-0.2, -0.15) is 5.10 Å². The highest BCUT2D eigenvalue weighted by Crippen LogP contribution is 2.22. The van der Waals surface area contributed by atoms with E-state index in [4.69, 9.17) is 4.74 Å². The molecule has 0 aliphatic rings. The summed E-state index contributed by atoms with van der Waals surface area (Å²) >= 11 is 1.40. The van der Waals surface area contributed by atoms with Crippen molar-refractivity contribution in [3.05, 3.63) is 29.3 Å². The second-order valence-corrected chi connectivity index (χ2v) is 6.33. The van der Waals surface area contributed by atoms with Gasteiger partial charge in [-0.1, -0.05) is 23.5 Å². The number of rotatable bonds is 8. The number of carbonyl (C=O) groups is 1. The van der Waals surface area contributed by atoms with Gasteiger partial charge in [0.25, 0.3) is 5.91 Å². The third-order valence-corrected chi connectivity index (χ3v) is 4.13. The second kappa shape index (κ2) is 7.94. The maximum absolute atomic E-state index is 11.9. The minimum atomic E-state index is -0.300. The van der Waals surface area contributed by atoms with Crippen LogP contribution in [-0.2, 0) is 25.1 Å². The van der Waals surface area contributed by atoms with E-state index in [9.17, 15) is 4.79 Å². The van der Waals surface area contributed by atoms with Crippen LogP contribution in [0.5, 0.6) is 0 Å². The van der Waals surface area contributed by atoms with Gasteiger partial charge in [-0.15, -0.1) is 15.3 Å². The first kappa shape index (κ1) is 17.2. The Morgan fingerprint density at radius 3 is 2.96 bits per heavy atom. The summed E-state index contributed by atoms with van der Waals surface area (Å²) in [6, 6.07) is 0. The van der Waals surface area contributed by atoms with Gasteiger partial charge in [0.2, 0.25) is 0 Å². The van der Waals surface area contributed by atoms with Crippen molar-refractivity contribution in [3.8, 4) is 10.6 Å². The number of amides is 1. The number of hydrogen-bond acceptors (Lipinski definition) is 8. The molecular formula is C14H18N8O2S. The largest absolute Gasteiger partial charge is 0.359 e. The first-order chi connectivity index (χ1) is 12.2. The van der Waals surface area contributed by atoms with Gasteiger partial charge in [0.1, 0.15) is 11.7 Å². The van der Waals surface area contributed by atoms with Crippen LogP contribution < -0.4 is 5.32 Å². The number of ether oxygens (including phenoxy) is 1. The molecule has 3 heterocycles. The number of carbonyl (C=O) groups excluding carboxylic acids is 1. The highest BCUT2D eigenvalue weighted by Gasteiger charge is 2.12. The zero-order valence-corrected chi connectivity index (χ0v) is 14.7. The molecule has 3 aromatic rings. The maximum atomic E-state index is 11.9.